The molecule has 1 aromatic heterocycles. The van der Waals surface area contributed by atoms with Crippen LogP contribution in [-0.4, -0.2) is 30.5 Å². The van der Waals surface area contributed by atoms with E-state index in [1.807, 2.05) is 19.1 Å². The van der Waals surface area contributed by atoms with Gasteiger partial charge in [-0.2, -0.15) is 0 Å². The summed E-state index contributed by atoms with van der Waals surface area (Å²) in [6, 6.07) is 7.05. The molecule has 6 nitrogen and oxygen atoms in total. The van der Waals surface area contributed by atoms with Crippen LogP contribution in [0.3, 0.4) is 0 Å². The number of amides is 2. The largest absolute Gasteiger partial charge is 0.495 e. The summed E-state index contributed by atoms with van der Waals surface area (Å²) in [6.45, 7) is 4.59. The van der Waals surface area contributed by atoms with Crippen molar-refractivity contribution in [1.82, 2.24) is 10.3 Å². The predicted molar refractivity (Wildman–Crippen MR) is 97.2 cm³/mol. The Morgan fingerprint density at radius 3 is 2.52 bits per heavy atom. The summed E-state index contributed by atoms with van der Waals surface area (Å²) in [5.74, 6) is -0.0104. The molecule has 0 aliphatic rings. The van der Waals surface area contributed by atoms with E-state index in [9.17, 15) is 9.59 Å². The fourth-order valence-electron chi connectivity index (χ4n) is 2.28. The highest BCUT2D eigenvalue weighted by Gasteiger charge is 2.13. The standard InChI is InChI=1S/C19H23N3O3/c1-4-5-8-21-18(23)14-10-15(12-20-11-14)19(24)22-16-9-13(2)6-7-17(16)25-3/h6-7,9-12H,4-5,8H2,1-3H3,(H,21,23)(H,22,24). The summed E-state index contributed by atoms with van der Waals surface area (Å²) >= 11 is 0. The van der Waals surface area contributed by atoms with Crippen LogP contribution in [0.4, 0.5) is 5.69 Å². The van der Waals surface area contributed by atoms with Crippen molar-refractivity contribution in [2.45, 2.75) is 26.7 Å². The number of unbranched alkanes of at least 4 members (excludes halogenated alkanes) is 1. The zero-order chi connectivity index (χ0) is 18.2. The second kappa shape index (κ2) is 8.82. The third-order valence-electron chi connectivity index (χ3n) is 3.68. The topological polar surface area (TPSA) is 80.3 Å². The molecule has 0 spiro atoms. The lowest BCUT2D eigenvalue weighted by Crippen LogP contribution is -2.25. The van der Waals surface area contributed by atoms with Crippen LogP contribution < -0.4 is 15.4 Å². The minimum atomic E-state index is -0.348. The molecule has 1 aromatic carbocycles. The number of benzene rings is 1. The molecule has 0 radical (unpaired) electrons. The Hall–Kier alpha value is -2.89. The van der Waals surface area contributed by atoms with Crippen molar-refractivity contribution in [3.05, 3.63) is 53.3 Å². The van der Waals surface area contributed by atoms with Crippen LogP contribution in [0.5, 0.6) is 5.75 Å². The summed E-state index contributed by atoms with van der Waals surface area (Å²) in [5, 5.41) is 5.61. The lowest BCUT2D eigenvalue weighted by atomic mass is 10.1. The summed E-state index contributed by atoms with van der Waals surface area (Å²) in [6.07, 6.45) is 4.79. The van der Waals surface area contributed by atoms with E-state index in [1.54, 1.807) is 13.2 Å². The number of hydrogen-bond donors (Lipinski definition) is 2. The molecule has 132 valence electrons. The van der Waals surface area contributed by atoms with Crippen molar-refractivity contribution >= 4 is 17.5 Å². The van der Waals surface area contributed by atoms with Crippen LogP contribution in [0.15, 0.2) is 36.7 Å². The number of aryl methyl sites for hydroxylation is 1. The van der Waals surface area contributed by atoms with Crippen LogP contribution in [0.1, 0.15) is 46.0 Å². The number of methoxy groups -OCH3 is 1. The molecule has 0 saturated carbocycles. The number of anilines is 1. The zero-order valence-electron chi connectivity index (χ0n) is 14.8. The Morgan fingerprint density at radius 2 is 1.84 bits per heavy atom. The van der Waals surface area contributed by atoms with E-state index >= 15 is 0 Å². The van der Waals surface area contributed by atoms with Gasteiger partial charge in [-0.1, -0.05) is 19.4 Å². The smallest absolute Gasteiger partial charge is 0.257 e. The second-order valence-electron chi connectivity index (χ2n) is 5.73. The number of pyridine rings is 1. The average Bonchev–Trinajstić information content (AvgIpc) is 2.62. The van der Waals surface area contributed by atoms with Gasteiger partial charge in [-0.05, 0) is 37.1 Å². The molecular weight excluding hydrogens is 318 g/mol. The number of carbonyl (C=O) groups is 2. The van der Waals surface area contributed by atoms with Gasteiger partial charge in [0, 0.05) is 18.9 Å². The monoisotopic (exact) mass is 341 g/mol. The highest BCUT2D eigenvalue weighted by Crippen LogP contribution is 2.25. The van der Waals surface area contributed by atoms with Gasteiger partial charge in [0.2, 0.25) is 0 Å². The zero-order valence-corrected chi connectivity index (χ0v) is 14.8. The third kappa shape index (κ3) is 5.04. The van der Waals surface area contributed by atoms with Crippen LogP contribution in [0.2, 0.25) is 0 Å². The molecule has 0 bridgehead atoms. The normalized spacial score (nSPS) is 10.2. The molecule has 2 aromatic rings. The Bertz CT molecular complexity index is 759. The molecule has 2 rings (SSSR count). The molecule has 0 fully saturated rings. The first-order valence-corrected chi connectivity index (χ1v) is 8.24. The molecule has 25 heavy (non-hydrogen) atoms. The van der Waals surface area contributed by atoms with Gasteiger partial charge in [0.05, 0.1) is 23.9 Å². The summed E-state index contributed by atoms with van der Waals surface area (Å²) in [7, 11) is 1.54. The van der Waals surface area contributed by atoms with E-state index in [0.29, 0.717) is 29.1 Å². The highest BCUT2D eigenvalue weighted by atomic mass is 16.5. The first-order valence-electron chi connectivity index (χ1n) is 8.24. The molecule has 0 aliphatic heterocycles. The van der Waals surface area contributed by atoms with Crippen molar-refractivity contribution in [3.63, 3.8) is 0 Å². The van der Waals surface area contributed by atoms with Crippen LogP contribution >= 0.6 is 0 Å². The molecule has 2 amide bonds. The Kier molecular flexibility index (Phi) is 6.51. The molecule has 6 heteroatoms. The maximum absolute atomic E-state index is 12.5. The van der Waals surface area contributed by atoms with E-state index < -0.39 is 0 Å². The number of nitrogens with zero attached hydrogens (tertiary/aromatic N) is 1. The fraction of sp³-hybridized carbons (Fsp3) is 0.316. The molecule has 0 saturated heterocycles. The molecular formula is C19H23N3O3. The van der Waals surface area contributed by atoms with Crippen LogP contribution in [0.25, 0.3) is 0 Å². The van der Waals surface area contributed by atoms with E-state index in [1.165, 1.54) is 18.5 Å². The summed E-state index contributed by atoms with van der Waals surface area (Å²) in [5.41, 5.74) is 2.25. The van der Waals surface area contributed by atoms with Gasteiger partial charge in [-0.3, -0.25) is 14.6 Å². The van der Waals surface area contributed by atoms with Gasteiger partial charge in [-0.25, -0.2) is 0 Å². The first kappa shape index (κ1) is 18.4. The number of nitrogens with one attached hydrogen (secondary N) is 2. The second-order valence-corrected chi connectivity index (χ2v) is 5.73. The minimum Gasteiger partial charge on any atom is -0.495 e. The first-order chi connectivity index (χ1) is 12.0. The van der Waals surface area contributed by atoms with Crippen LogP contribution in [0, 0.1) is 6.92 Å². The molecule has 0 unspecified atom stereocenters. The van der Waals surface area contributed by atoms with Crippen molar-refractivity contribution in [1.29, 1.82) is 0 Å². The number of hydrogen-bond acceptors (Lipinski definition) is 4. The molecule has 1 heterocycles. The number of ether oxygens (including phenoxy) is 1. The minimum absolute atomic E-state index is 0.233. The van der Waals surface area contributed by atoms with Gasteiger partial charge in [-0.15, -0.1) is 0 Å². The summed E-state index contributed by atoms with van der Waals surface area (Å²) < 4.78 is 5.26. The van der Waals surface area contributed by atoms with E-state index in [0.717, 1.165) is 18.4 Å². The molecule has 2 N–H and O–H groups in total. The van der Waals surface area contributed by atoms with E-state index in [4.69, 9.17) is 4.74 Å². The number of carbonyl (C=O) groups excluding carboxylic acids is 2. The molecule has 0 atom stereocenters. The lowest BCUT2D eigenvalue weighted by Gasteiger charge is -2.11. The number of rotatable bonds is 7. The lowest BCUT2D eigenvalue weighted by molar-refractivity contribution is 0.0953. The average molecular weight is 341 g/mol. The van der Waals surface area contributed by atoms with Gasteiger partial charge in [0.15, 0.2) is 0 Å². The van der Waals surface area contributed by atoms with Crippen molar-refractivity contribution < 1.29 is 14.3 Å². The van der Waals surface area contributed by atoms with E-state index in [-0.39, 0.29) is 11.8 Å². The fourth-order valence-corrected chi connectivity index (χ4v) is 2.28. The van der Waals surface area contributed by atoms with Crippen molar-refractivity contribution in [2.75, 3.05) is 19.0 Å². The maximum Gasteiger partial charge on any atom is 0.257 e. The maximum atomic E-state index is 12.5. The van der Waals surface area contributed by atoms with Crippen molar-refractivity contribution in [2.24, 2.45) is 0 Å². The van der Waals surface area contributed by atoms with Gasteiger partial charge in [0.1, 0.15) is 5.75 Å². The van der Waals surface area contributed by atoms with Gasteiger partial charge < -0.3 is 15.4 Å². The predicted octanol–water partition coefficient (Wildman–Crippen LogP) is 3.18. The molecule has 0 aliphatic carbocycles. The van der Waals surface area contributed by atoms with Crippen LogP contribution in [-0.2, 0) is 0 Å². The Labute approximate surface area is 147 Å². The number of aromatic nitrogens is 1. The quantitative estimate of drug-likeness (QED) is 0.758. The van der Waals surface area contributed by atoms with Gasteiger partial charge >= 0.3 is 0 Å². The van der Waals surface area contributed by atoms with Crippen molar-refractivity contribution in [3.8, 4) is 5.75 Å². The Morgan fingerprint density at radius 1 is 1.12 bits per heavy atom. The highest BCUT2D eigenvalue weighted by molar-refractivity contribution is 6.06. The summed E-state index contributed by atoms with van der Waals surface area (Å²) in [4.78, 5) is 28.6. The van der Waals surface area contributed by atoms with E-state index in [2.05, 4.69) is 22.5 Å². The third-order valence-corrected chi connectivity index (χ3v) is 3.68. The van der Waals surface area contributed by atoms with Gasteiger partial charge in [0.25, 0.3) is 11.8 Å². The Balaban J connectivity index is 2.13. The SMILES string of the molecule is CCCCNC(=O)c1cncc(C(=O)Nc2cc(C)ccc2OC)c1.